The molecular formula is C24H24N2O4. The van der Waals surface area contributed by atoms with Crippen LogP contribution in [-0.4, -0.2) is 24.2 Å². The van der Waals surface area contributed by atoms with E-state index in [1.807, 2.05) is 24.3 Å². The van der Waals surface area contributed by atoms with Crippen molar-refractivity contribution in [3.63, 3.8) is 0 Å². The van der Waals surface area contributed by atoms with Gasteiger partial charge in [-0.15, -0.1) is 0 Å². The summed E-state index contributed by atoms with van der Waals surface area (Å²) in [7, 11) is 0. The Morgan fingerprint density at radius 2 is 1.87 bits per heavy atom. The van der Waals surface area contributed by atoms with Crippen LogP contribution >= 0.6 is 0 Å². The summed E-state index contributed by atoms with van der Waals surface area (Å²) in [5, 5.41) is 4.95. The van der Waals surface area contributed by atoms with Crippen molar-refractivity contribution in [1.29, 1.82) is 0 Å². The number of amides is 2. The van der Waals surface area contributed by atoms with E-state index in [9.17, 15) is 9.59 Å². The normalized spacial score (nSPS) is 13.6. The molecule has 1 aliphatic heterocycles. The van der Waals surface area contributed by atoms with Crippen LogP contribution in [0.2, 0.25) is 0 Å². The van der Waals surface area contributed by atoms with Gasteiger partial charge in [-0.25, -0.2) is 4.79 Å². The van der Waals surface area contributed by atoms with Crippen LogP contribution in [0.5, 0.6) is 5.75 Å². The van der Waals surface area contributed by atoms with Gasteiger partial charge in [-0.2, -0.15) is 0 Å². The Bertz CT molecular complexity index is 1110. The molecule has 154 valence electrons. The monoisotopic (exact) mass is 404 g/mol. The summed E-state index contributed by atoms with van der Waals surface area (Å²) in [6.07, 6.45) is -0.550. The summed E-state index contributed by atoms with van der Waals surface area (Å²) in [4.78, 5) is 26.5. The van der Waals surface area contributed by atoms with Gasteiger partial charge < -0.3 is 14.4 Å². The second-order valence-electron chi connectivity index (χ2n) is 8.22. The number of anilines is 2. The highest BCUT2D eigenvalue weighted by Crippen LogP contribution is 2.36. The Morgan fingerprint density at radius 1 is 1.10 bits per heavy atom. The minimum absolute atomic E-state index is 0.0173. The third-order valence-electron chi connectivity index (χ3n) is 4.76. The van der Waals surface area contributed by atoms with Crippen molar-refractivity contribution in [3.05, 3.63) is 66.2 Å². The molecule has 0 saturated carbocycles. The van der Waals surface area contributed by atoms with E-state index in [0.717, 1.165) is 16.3 Å². The van der Waals surface area contributed by atoms with E-state index in [1.165, 1.54) is 0 Å². The fourth-order valence-electron chi connectivity index (χ4n) is 3.48. The number of fused-ring (bicyclic) bond motifs is 2. The zero-order valence-corrected chi connectivity index (χ0v) is 17.3. The van der Waals surface area contributed by atoms with E-state index >= 15 is 0 Å². The van der Waals surface area contributed by atoms with Crippen LogP contribution in [0.3, 0.4) is 0 Å². The predicted octanol–water partition coefficient (Wildman–Crippen LogP) is 5.11. The van der Waals surface area contributed by atoms with Gasteiger partial charge in [0.1, 0.15) is 11.4 Å². The van der Waals surface area contributed by atoms with Gasteiger partial charge in [0.15, 0.2) is 6.61 Å². The zero-order valence-electron chi connectivity index (χ0n) is 17.3. The molecule has 0 fully saturated rings. The van der Waals surface area contributed by atoms with Gasteiger partial charge >= 0.3 is 6.09 Å². The Morgan fingerprint density at radius 3 is 2.67 bits per heavy atom. The predicted molar refractivity (Wildman–Crippen MR) is 117 cm³/mol. The van der Waals surface area contributed by atoms with Gasteiger partial charge in [0.25, 0.3) is 5.91 Å². The standard InChI is InChI=1S/C24H24N2O4/c1-24(2,3)30-23(28)25-18-11-12-21-20(13-18)26(22(27)15-29-21)14-17-9-6-8-16-7-4-5-10-19(16)17/h4-13H,14-15H2,1-3H3,(H,25,28). The molecule has 0 radical (unpaired) electrons. The van der Waals surface area contributed by atoms with Crippen LogP contribution in [-0.2, 0) is 16.1 Å². The molecule has 0 aliphatic carbocycles. The molecule has 6 heteroatoms. The molecule has 0 spiro atoms. The van der Waals surface area contributed by atoms with E-state index in [4.69, 9.17) is 9.47 Å². The molecular weight excluding hydrogens is 380 g/mol. The van der Waals surface area contributed by atoms with Crippen LogP contribution in [0.25, 0.3) is 10.8 Å². The quantitative estimate of drug-likeness (QED) is 0.658. The van der Waals surface area contributed by atoms with E-state index in [-0.39, 0.29) is 12.5 Å². The van der Waals surface area contributed by atoms with Gasteiger partial charge in [0.05, 0.1) is 12.2 Å². The van der Waals surface area contributed by atoms with Gasteiger partial charge in [0.2, 0.25) is 0 Å². The number of benzene rings is 3. The third kappa shape index (κ3) is 4.22. The third-order valence-corrected chi connectivity index (χ3v) is 4.76. The van der Waals surface area contributed by atoms with Crippen LogP contribution < -0.4 is 15.0 Å². The van der Waals surface area contributed by atoms with E-state index < -0.39 is 11.7 Å². The highest BCUT2D eigenvalue weighted by Gasteiger charge is 2.27. The molecule has 0 unspecified atom stereocenters. The highest BCUT2D eigenvalue weighted by molar-refractivity contribution is 5.99. The number of rotatable bonds is 3. The van der Waals surface area contributed by atoms with E-state index in [1.54, 1.807) is 43.9 Å². The molecule has 4 rings (SSSR count). The molecule has 30 heavy (non-hydrogen) atoms. The first-order valence-electron chi connectivity index (χ1n) is 9.84. The van der Waals surface area contributed by atoms with Gasteiger partial charge in [-0.05, 0) is 55.3 Å². The first-order valence-corrected chi connectivity index (χ1v) is 9.84. The summed E-state index contributed by atoms with van der Waals surface area (Å²) < 4.78 is 10.9. The topological polar surface area (TPSA) is 67.9 Å². The number of nitrogens with one attached hydrogen (secondary N) is 1. The maximum Gasteiger partial charge on any atom is 0.412 e. The van der Waals surface area contributed by atoms with Crippen molar-refractivity contribution >= 4 is 34.1 Å². The Kier molecular flexibility index (Phi) is 5.08. The molecule has 0 saturated heterocycles. The van der Waals surface area contributed by atoms with Crippen molar-refractivity contribution in [2.24, 2.45) is 0 Å². The summed E-state index contributed by atoms with van der Waals surface area (Å²) in [6, 6.07) is 19.4. The smallest absolute Gasteiger partial charge is 0.412 e. The van der Waals surface area contributed by atoms with Crippen molar-refractivity contribution in [1.82, 2.24) is 0 Å². The summed E-state index contributed by atoms with van der Waals surface area (Å²) in [6.45, 7) is 5.80. The number of nitrogens with zero attached hydrogens (tertiary/aromatic N) is 1. The number of carbonyl (C=O) groups excluding carboxylic acids is 2. The van der Waals surface area contributed by atoms with Crippen molar-refractivity contribution in [3.8, 4) is 5.75 Å². The Balaban J connectivity index is 1.64. The molecule has 0 atom stereocenters. The van der Waals surface area contributed by atoms with Crippen molar-refractivity contribution < 1.29 is 19.1 Å². The average molecular weight is 404 g/mol. The fourth-order valence-corrected chi connectivity index (χ4v) is 3.48. The maximum absolute atomic E-state index is 12.7. The van der Waals surface area contributed by atoms with Crippen LogP contribution in [0.4, 0.5) is 16.2 Å². The average Bonchev–Trinajstić information content (AvgIpc) is 2.69. The lowest BCUT2D eigenvalue weighted by molar-refractivity contribution is -0.121. The lowest BCUT2D eigenvalue weighted by atomic mass is 10.0. The van der Waals surface area contributed by atoms with Gasteiger partial charge in [0, 0.05) is 5.69 Å². The highest BCUT2D eigenvalue weighted by atomic mass is 16.6. The second-order valence-corrected chi connectivity index (χ2v) is 8.22. The molecule has 2 amide bonds. The maximum atomic E-state index is 12.7. The SMILES string of the molecule is CC(C)(C)OC(=O)Nc1ccc2c(c1)N(Cc1cccc3ccccc13)C(=O)CO2. The van der Waals surface area contributed by atoms with E-state index in [0.29, 0.717) is 23.7 Å². The lowest BCUT2D eigenvalue weighted by Crippen LogP contribution is -2.38. The summed E-state index contributed by atoms with van der Waals surface area (Å²) in [5.74, 6) is 0.467. The molecule has 1 aliphatic rings. The summed E-state index contributed by atoms with van der Waals surface area (Å²) in [5.41, 5.74) is 1.59. The first-order chi connectivity index (χ1) is 14.3. The molecule has 1 N–H and O–H groups in total. The fraction of sp³-hybridized carbons (Fsp3) is 0.250. The second kappa shape index (κ2) is 7.71. The van der Waals surface area contributed by atoms with Crippen LogP contribution in [0.15, 0.2) is 60.7 Å². The first kappa shape index (κ1) is 19.8. The summed E-state index contributed by atoms with van der Waals surface area (Å²) >= 11 is 0. The number of carbonyl (C=O) groups is 2. The largest absolute Gasteiger partial charge is 0.482 e. The number of hydrogen-bond acceptors (Lipinski definition) is 4. The molecule has 6 nitrogen and oxygen atoms in total. The molecule has 3 aromatic rings. The van der Waals surface area contributed by atoms with E-state index in [2.05, 4.69) is 23.5 Å². The minimum atomic E-state index is -0.599. The van der Waals surface area contributed by atoms with Crippen LogP contribution in [0.1, 0.15) is 26.3 Å². The Labute approximate surface area is 175 Å². The molecule has 0 bridgehead atoms. The number of hydrogen-bond donors (Lipinski definition) is 1. The molecule has 1 heterocycles. The van der Waals surface area contributed by atoms with Crippen LogP contribution in [0, 0.1) is 0 Å². The van der Waals surface area contributed by atoms with Gasteiger partial charge in [-0.3, -0.25) is 10.1 Å². The van der Waals surface area contributed by atoms with Crippen molar-refractivity contribution in [2.45, 2.75) is 32.9 Å². The lowest BCUT2D eigenvalue weighted by Gasteiger charge is -2.30. The minimum Gasteiger partial charge on any atom is -0.482 e. The molecule has 3 aromatic carbocycles. The molecule has 0 aromatic heterocycles. The number of ether oxygens (including phenoxy) is 2. The zero-order chi connectivity index (χ0) is 21.3. The van der Waals surface area contributed by atoms with Gasteiger partial charge in [-0.1, -0.05) is 42.5 Å². The van der Waals surface area contributed by atoms with Crippen molar-refractivity contribution in [2.75, 3.05) is 16.8 Å². The Hall–Kier alpha value is -3.54.